The zero-order valence-corrected chi connectivity index (χ0v) is 18.8. The first-order chi connectivity index (χ1) is 15.9. The van der Waals surface area contributed by atoms with Crippen molar-refractivity contribution in [3.8, 4) is 11.5 Å². The lowest BCUT2D eigenvalue weighted by molar-refractivity contribution is -0.155. The Hall–Kier alpha value is -3.34. The highest BCUT2D eigenvalue weighted by molar-refractivity contribution is 7.13. The van der Waals surface area contributed by atoms with Gasteiger partial charge in [0.2, 0.25) is 5.89 Å². The molecule has 1 aliphatic rings. The molecule has 0 radical (unpaired) electrons. The largest absolute Gasteiger partial charge is 0.451 e. The molecule has 9 nitrogen and oxygen atoms in total. The number of hydrogen-bond donors (Lipinski definition) is 0. The molecule has 0 saturated heterocycles. The van der Waals surface area contributed by atoms with E-state index in [9.17, 15) is 18.8 Å². The van der Waals surface area contributed by atoms with Crippen LogP contribution in [0.15, 0.2) is 45.1 Å². The van der Waals surface area contributed by atoms with Crippen LogP contribution in [0.25, 0.3) is 11.5 Å². The van der Waals surface area contributed by atoms with E-state index in [1.807, 2.05) is 0 Å². The number of anilines is 1. The van der Waals surface area contributed by atoms with Gasteiger partial charge in [0.1, 0.15) is 12.4 Å². The summed E-state index contributed by atoms with van der Waals surface area (Å²) in [5.41, 5.74) is 0.385. The third-order valence-corrected chi connectivity index (χ3v) is 6.21. The lowest BCUT2D eigenvalue weighted by Crippen LogP contribution is -2.47. The number of carbonyl (C=O) groups is 2. The number of hydrogen-bond acceptors (Lipinski definition) is 8. The average molecular weight is 475 g/mol. The fourth-order valence-corrected chi connectivity index (χ4v) is 4.54. The van der Waals surface area contributed by atoms with Crippen molar-refractivity contribution < 1.29 is 23.1 Å². The Balaban J connectivity index is 1.43. The Kier molecular flexibility index (Phi) is 6.97. The predicted octanol–water partition coefficient (Wildman–Crippen LogP) is 3.40. The first-order valence-electron chi connectivity index (χ1n) is 10.7. The molecule has 1 amide bonds. The number of aromatic nitrogens is 3. The third kappa shape index (κ3) is 5.36. The molecule has 1 aliphatic carbocycles. The van der Waals surface area contributed by atoms with E-state index in [-0.39, 0.29) is 17.8 Å². The van der Waals surface area contributed by atoms with E-state index < -0.39 is 30.2 Å². The van der Waals surface area contributed by atoms with Crippen molar-refractivity contribution in [1.29, 1.82) is 0 Å². The quantitative estimate of drug-likeness (QED) is 0.483. The first-order valence-corrected chi connectivity index (χ1v) is 11.6. The Labute approximate surface area is 192 Å². The molecule has 1 atom stereocenters. The fraction of sp³-hybridized carbons (Fsp3) is 0.409. The van der Waals surface area contributed by atoms with Crippen LogP contribution in [-0.2, 0) is 20.9 Å². The predicted molar refractivity (Wildman–Crippen MR) is 118 cm³/mol. The van der Waals surface area contributed by atoms with Crippen molar-refractivity contribution in [2.45, 2.75) is 57.7 Å². The van der Waals surface area contributed by atoms with Crippen LogP contribution in [0.3, 0.4) is 0 Å². The molecule has 0 bridgehead atoms. The van der Waals surface area contributed by atoms with Gasteiger partial charge in [-0.15, -0.1) is 16.4 Å². The summed E-state index contributed by atoms with van der Waals surface area (Å²) in [6, 6.07) is 5.23. The van der Waals surface area contributed by atoms with Crippen molar-refractivity contribution in [3.05, 3.63) is 52.2 Å². The van der Waals surface area contributed by atoms with Gasteiger partial charge in [0, 0.05) is 23.2 Å². The van der Waals surface area contributed by atoms with Gasteiger partial charge in [-0.25, -0.2) is 14.2 Å². The van der Waals surface area contributed by atoms with E-state index in [1.54, 1.807) is 16.5 Å². The van der Waals surface area contributed by atoms with Gasteiger partial charge in [-0.05, 0) is 44.0 Å². The normalized spacial score (nSPS) is 15.2. The summed E-state index contributed by atoms with van der Waals surface area (Å²) in [6.07, 6.45) is 5.49. The molecule has 11 heteroatoms. The Morgan fingerprint density at radius 3 is 2.67 bits per heavy atom. The number of carbonyl (C=O) groups excluding carboxylic acids is 2. The molecule has 1 unspecified atom stereocenters. The third-order valence-electron chi connectivity index (χ3n) is 5.43. The summed E-state index contributed by atoms with van der Waals surface area (Å²) in [5, 5.41) is 6.33. The molecule has 1 aromatic carbocycles. The average Bonchev–Trinajstić information content (AvgIpc) is 3.45. The Bertz CT molecular complexity index is 1150. The van der Waals surface area contributed by atoms with E-state index in [4.69, 9.17) is 9.15 Å². The van der Waals surface area contributed by atoms with Crippen molar-refractivity contribution >= 4 is 28.3 Å². The summed E-state index contributed by atoms with van der Waals surface area (Å²) in [7, 11) is 0. The van der Waals surface area contributed by atoms with Crippen molar-refractivity contribution in [2.24, 2.45) is 0 Å². The fourth-order valence-electron chi connectivity index (χ4n) is 3.82. The topological polar surface area (TPSA) is 108 Å². The molecule has 0 aliphatic heterocycles. The van der Waals surface area contributed by atoms with Crippen LogP contribution >= 0.6 is 11.3 Å². The molecule has 0 spiro atoms. The summed E-state index contributed by atoms with van der Waals surface area (Å²) in [5.74, 6) is -2.52. The van der Waals surface area contributed by atoms with Crippen molar-refractivity contribution in [1.82, 2.24) is 14.8 Å². The molecule has 2 heterocycles. The second-order valence-corrected chi connectivity index (χ2v) is 8.66. The number of ether oxygens (including phenoxy) is 1. The smallest absolute Gasteiger partial charge is 0.437 e. The van der Waals surface area contributed by atoms with Crippen molar-refractivity contribution in [2.75, 3.05) is 4.90 Å². The van der Waals surface area contributed by atoms with Crippen LogP contribution < -0.4 is 10.7 Å². The van der Waals surface area contributed by atoms with Gasteiger partial charge in [0.25, 0.3) is 5.91 Å². The lowest BCUT2D eigenvalue weighted by atomic mass is 9.94. The number of nitrogens with zero attached hydrogens (tertiary/aromatic N) is 4. The molecule has 33 heavy (non-hydrogen) atoms. The van der Waals surface area contributed by atoms with Gasteiger partial charge < -0.3 is 9.15 Å². The zero-order chi connectivity index (χ0) is 23.4. The summed E-state index contributed by atoms with van der Waals surface area (Å²) in [4.78, 5) is 43.6. The lowest BCUT2D eigenvalue weighted by Gasteiger charge is -2.33. The molecule has 174 valence electrons. The van der Waals surface area contributed by atoms with E-state index in [1.165, 1.54) is 42.5 Å². The highest BCUT2D eigenvalue weighted by atomic mass is 32.1. The zero-order valence-electron chi connectivity index (χ0n) is 18.0. The minimum atomic E-state index is -1.07. The molecular weight excluding hydrogens is 451 g/mol. The minimum absolute atomic E-state index is 0.00924. The highest BCUT2D eigenvalue weighted by Crippen LogP contribution is 2.29. The molecule has 0 N–H and O–H groups in total. The molecule has 3 aromatic rings. The summed E-state index contributed by atoms with van der Waals surface area (Å²) in [6.45, 7) is 0.973. The number of thiazole rings is 1. The maximum atomic E-state index is 13.2. The molecule has 1 saturated carbocycles. The Morgan fingerprint density at radius 2 is 2.00 bits per heavy atom. The van der Waals surface area contributed by atoms with Crippen LogP contribution in [0.1, 0.15) is 39.0 Å². The SMILES string of the molecule is CC(OC(=O)Cn1nc(-c2ccc(F)cc2)oc1=O)C(=O)N(c1nccs1)C1CCCCC1. The van der Waals surface area contributed by atoms with Gasteiger partial charge in [0.05, 0.1) is 0 Å². The molecule has 2 aromatic heterocycles. The van der Waals surface area contributed by atoms with Gasteiger partial charge >= 0.3 is 11.7 Å². The van der Waals surface area contributed by atoms with Gasteiger partial charge in [0.15, 0.2) is 11.2 Å². The highest BCUT2D eigenvalue weighted by Gasteiger charge is 2.33. The van der Waals surface area contributed by atoms with Crippen molar-refractivity contribution in [3.63, 3.8) is 0 Å². The summed E-state index contributed by atoms with van der Waals surface area (Å²) >= 11 is 1.36. The van der Waals surface area contributed by atoms with Crippen LogP contribution in [0, 0.1) is 5.82 Å². The monoisotopic (exact) mass is 474 g/mol. The van der Waals surface area contributed by atoms with Crippen LogP contribution in [0.2, 0.25) is 0 Å². The standard InChI is InChI=1S/C22H23FN4O5S/c1-14(20(29)27(21-24-11-12-33-21)17-5-3-2-4-6-17)31-18(28)13-26-22(30)32-19(25-26)15-7-9-16(23)10-8-15/h7-12,14,17H,2-6,13H2,1H3. The molecular formula is C22H23FN4O5S. The second-order valence-electron chi connectivity index (χ2n) is 7.78. The minimum Gasteiger partial charge on any atom is -0.451 e. The number of benzene rings is 1. The maximum Gasteiger partial charge on any atom is 0.437 e. The number of esters is 1. The number of amides is 1. The second kappa shape index (κ2) is 10.1. The summed E-state index contributed by atoms with van der Waals surface area (Å²) < 4.78 is 24.3. The van der Waals surface area contributed by atoms with Gasteiger partial charge in [-0.2, -0.15) is 4.68 Å². The van der Waals surface area contributed by atoms with E-state index in [0.29, 0.717) is 10.7 Å². The van der Waals surface area contributed by atoms with Crippen LogP contribution in [0.4, 0.5) is 9.52 Å². The molecule has 4 rings (SSSR count). The number of halogens is 1. The van der Waals surface area contributed by atoms with E-state index in [2.05, 4.69) is 10.1 Å². The van der Waals surface area contributed by atoms with Crippen LogP contribution in [-0.4, -0.2) is 38.8 Å². The van der Waals surface area contributed by atoms with Gasteiger partial charge in [-0.1, -0.05) is 19.3 Å². The van der Waals surface area contributed by atoms with E-state index in [0.717, 1.165) is 36.8 Å². The first kappa shape index (κ1) is 22.8. The van der Waals surface area contributed by atoms with Gasteiger partial charge in [-0.3, -0.25) is 14.5 Å². The number of rotatable bonds is 7. The maximum absolute atomic E-state index is 13.2. The Morgan fingerprint density at radius 1 is 1.27 bits per heavy atom. The van der Waals surface area contributed by atoms with Crippen LogP contribution in [0.5, 0.6) is 0 Å². The molecule has 1 fully saturated rings. The van der Waals surface area contributed by atoms with E-state index >= 15 is 0 Å².